The maximum Gasteiger partial charge on any atom is 0.277 e. The lowest BCUT2D eigenvalue weighted by atomic mass is 10.2. The van der Waals surface area contributed by atoms with E-state index < -0.39 is 0 Å². The highest BCUT2D eigenvalue weighted by Gasteiger charge is 2.22. The molecule has 0 radical (unpaired) electrons. The first-order valence-corrected chi connectivity index (χ1v) is 10.7. The zero-order valence-electron chi connectivity index (χ0n) is 16.7. The third-order valence-corrected chi connectivity index (χ3v) is 5.56. The largest absolute Gasteiger partial charge is 0.484 e. The monoisotopic (exact) mass is 425 g/mol. The predicted molar refractivity (Wildman–Crippen MR) is 114 cm³/mol. The van der Waals surface area contributed by atoms with Gasteiger partial charge in [-0.25, -0.2) is 4.98 Å². The summed E-state index contributed by atoms with van der Waals surface area (Å²) in [5.41, 5.74) is 1.17. The van der Waals surface area contributed by atoms with E-state index in [0.717, 1.165) is 24.7 Å². The molecular formula is C21H23N5O3S. The van der Waals surface area contributed by atoms with Crippen LogP contribution in [-0.4, -0.2) is 57.9 Å². The number of hydrogen-bond donors (Lipinski definition) is 0. The van der Waals surface area contributed by atoms with Crippen molar-refractivity contribution in [2.45, 2.75) is 18.8 Å². The number of amides is 1. The summed E-state index contributed by atoms with van der Waals surface area (Å²) in [5.74, 6) is 2.41. The molecule has 3 aromatic rings. The van der Waals surface area contributed by atoms with E-state index >= 15 is 0 Å². The Morgan fingerprint density at radius 1 is 1.10 bits per heavy atom. The summed E-state index contributed by atoms with van der Waals surface area (Å²) in [6, 6.07) is 13.6. The van der Waals surface area contributed by atoms with Gasteiger partial charge in [-0.1, -0.05) is 35.5 Å². The number of aromatic nitrogens is 3. The van der Waals surface area contributed by atoms with E-state index in [1.165, 1.54) is 17.3 Å². The molecule has 0 N–H and O–H groups in total. The highest BCUT2D eigenvalue weighted by atomic mass is 32.2. The molecule has 1 aliphatic rings. The van der Waals surface area contributed by atoms with Crippen LogP contribution in [-0.2, 0) is 11.4 Å². The lowest BCUT2D eigenvalue weighted by Gasteiger charge is -2.35. The molecule has 8 nitrogen and oxygen atoms in total. The van der Waals surface area contributed by atoms with Crippen LogP contribution in [0.1, 0.15) is 11.5 Å². The number of hydrogen-bond acceptors (Lipinski definition) is 8. The van der Waals surface area contributed by atoms with Crippen LogP contribution in [0.25, 0.3) is 0 Å². The fraction of sp³-hybridized carbons (Fsp3) is 0.333. The van der Waals surface area contributed by atoms with Crippen molar-refractivity contribution in [3.63, 3.8) is 0 Å². The average Bonchev–Trinajstić information content (AvgIpc) is 3.26. The first kappa shape index (κ1) is 20.2. The van der Waals surface area contributed by atoms with Crippen LogP contribution >= 0.6 is 11.8 Å². The van der Waals surface area contributed by atoms with Crippen molar-refractivity contribution in [3.05, 3.63) is 60.1 Å². The number of aryl methyl sites for hydroxylation is 1. The Morgan fingerprint density at radius 2 is 1.90 bits per heavy atom. The van der Waals surface area contributed by atoms with Gasteiger partial charge >= 0.3 is 0 Å². The molecule has 0 bridgehead atoms. The normalized spacial score (nSPS) is 14.0. The summed E-state index contributed by atoms with van der Waals surface area (Å²) < 4.78 is 11.2. The minimum atomic E-state index is 0.0660. The van der Waals surface area contributed by atoms with Gasteiger partial charge in [0.25, 0.3) is 11.1 Å². The second kappa shape index (κ2) is 9.62. The minimum absolute atomic E-state index is 0.0660. The first-order valence-electron chi connectivity index (χ1n) is 9.76. The van der Waals surface area contributed by atoms with Gasteiger partial charge in [0.2, 0.25) is 5.91 Å². The molecule has 1 aromatic carbocycles. The molecule has 30 heavy (non-hydrogen) atoms. The van der Waals surface area contributed by atoms with Crippen LogP contribution in [0.3, 0.4) is 0 Å². The van der Waals surface area contributed by atoms with Gasteiger partial charge in [0.05, 0.1) is 5.75 Å². The van der Waals surface area contributed by atoms with E-state index in [-0.39, 0.29) is 18.3 Å². The minimum Gasteiger partial charge on any atom is -0.484 e. The molecule has 4 rings (SSSR count). The second-order valence-corrected chi connectivity index (χ2v) is 7.83. The zero-order chi connectivity index (χ0) is 20.8. The SMILES string of the molecule is Cc1ccc(OCc2nnc(SCC(=O)N3CCN(c4ccccn4)CC3)o2)cc1. The van der Waals surface area contributed by atoms with Crippen molar-refractivity contribution in [1.82, 2.24) is 20.1 Å². The fourth-order valence-electron chi connectivity index (χ4n) is 3.07. The molecule has 0 aliphatic carbocycles. The highest BCUT2D eigenvalue weighted by Crippen LogP contribution is 2.19. The van der Waals surface area contributed by atoms with Crippen LogP contribution in [0, 0.1) is 6.92 Å². The van der Waals surface area contributed by atoms with Crippen molar-refractivity contribution in [3.8, 4) is 5.75 Å². The van der Waals surface area contributed by atoms with Crippen molar-refractivity contribution < 1.29 is 13.9 Å². The molecule has 1 amide bonds. The van der Waals surface area contributed by atoms with Crippen LogP contribution in [0.2, 0.25) is 0 Å². The molecule has 9 heteroatoms. The average molecular weight is 426 g/mol. The van der Waals surface area contributed by atoms with E-state index in [4.69, 9.17) is 9.15 Å². The van der Waals surface area contributed by atoms with Gasteiger partial charge in [-0.2, -0.15) is 0 Å². The van der Waals surface area contributed by atoms with Crippen molar-refractivity contribution in [1.29, 1.82) is 0 Å². The van der Waals surface area contributed by atoms with Gasteiger partial charge in [0.1, 0.15) is 11.6 Å². The van der Waals surface area contributed by atoms with E-state index in [2.05, 4.69) is 20.1 Å². The number of pyridine rings is 1. The van der Waals surface area contributed by atoms with E-state index in [9.17, 15) is 4.79 Å². The highest BCUT2D eigenvalue weighted by molar-refractivity contribution is 7.99. The number of piperazine rings is 1. The Kier molecular flexibility index (Phi) is 6.48. The Bertz CT molecular complexity index is 956. The summed E-state index contributed by atoms with van der Waals surface area (Å²) in [7, 11) is 0. The van der Waals surface area contributed by atoms with Gasteiger partial charge in [-0.15, -0.1) is 10.2 Å². The quantitative estimate of drug-likeness (QED) is 0.534. The molecule has 1 aliphatic heterocycles. The third kappa shape index (κ3) is 5.29. The molecular weight excluding hydrogens is 402 g/mol. The Balaban J connectivity index is 1.20. The smallest absolute Gasteiger partial charge is 0.277 e. The zero-order valence-corrected chi connectivity index (χ0v) is 17.5. The van der Waals surface area contributed by atoms with E-state index in [0.29, 0.717) is 24.2 Å². The van der Waals surface area contributed by atoms with E-state index in [1.807, 2.05) is 54.3 Å². The van der Waals surface area contributed by atoms with Gasteiger partial charge in [-0.05, 0) is 31.2 Å². The standard InChI is InChI=1S/C21H23N5O3S/c1-16-5-7-17(8-6-16)28-14-19-23-24-21(29-19)30-15-20(27)26-12-10-25(11-13-26)18-4-2-3-9-22-18/h2-9H,10-15H2,1H3. The number of rotatable bonds is 7. The number of thioether (sulfide) groups is 1. The number of nitrogens with zero attached hydrogens (tertiary/aromatic N) is 5. The number of carbonyl (C=O) groups is 1. The summed E-state index contributed by atoms with van der Waals surface area (Å²) in [4.78, 5) is 20.9. The predicted octanol–water partition coefficient (Wildman–Crippen LogP) is 2.79. The number of anilines is 1. The summed E-state index contributed by atoms with van der Waals surface area (Å²) in [6.07, 6.45) is 1.79. The van der Waals surface area contributed by atoms with Crippen LogP contribution in [0.4, 0.5) is 5.82 Å². The van der Waals surface area contributed by atoms with Crippen LogP contribution in [0.5, 0.6) is 5.75 Å². The summed E-state index contributed by atoms with van der Waals surface area (Å²) in [6.45, 7) is 5.11. The Labute approximate surface area is 179 Å². The van der Waals surface area contributed by atoms with Crippen molar-refractivity contribution in [2.24, 2.45) is 0 Å². The van der Waals surface area contributed by atoms with Crippen molar-refractivity contribution in [2.75, 3.05) is 36.8 Å². The van der Waals surface area contributed by atoms with Gasteiger partial charge in [0, 0.05) is 32.4 Å². The second-order valence-electron chi connectivity index (χ2n) is 6.91. The first-order chi connectivity index (χ1) is 14.7. The lowest BCUT2D eigenvalue weighted by Crippen LogP contribution is -2.49. The van der Waals surface area contributed by atoms with Gasteiger partial charge in [0.15, 0.2) is 6.61 Å². The molecule has 1 saturated heterocycles. The maximum atomic E-state index is 12.5. The maximum absolute atomic E-state index is 12.5. The molecule has 0 spiro atoms. The molecule has 1 fully saturated rings. The molecule has 0 atom stereocenters. The number of ether oxygens (including phenoxy) is 1. The van der Waals surface area contributed by atoms with E-state index in [1.54, 1.807) is 6.20 Å². The molecule has 2 aromatic heterocycles. The topological polar surface area (TPSA) is 84.6 Å². The molecule has 0 saturated carbocycles. The van der Waals surface area contributed by atoms with Crippen molar-refractivity contribution >= 4 is 23.5 Å². The van der Waals surface area contributed by atoms with Crippen LogP contribution < -0.4 is 9.64 Å². The number of carbonyl (C=O) groups excluding carboxylic acids is 1. The molecule has 3 heterocycles. The summed E-state index contributed by atoms with van der Waals surface area (Å²) >= 11 is 1.25. The lowest BCUT2D eigenvalue weighted by molar-refractivity contribution is -0.128. The van der Waals surface area contributed by atoms with Gasteiger partial charge in [-0.3, -0.25) is 4.79 Å². The molecule has 0 unspecified atom stereocenters. The summed E-state index contributed by atoms with van der Waals surface area (Å²) in [5, 5.41) is 8.35. The Hall–Kier alpha value is -3.07. The Morgan fingerprint density at radius 3 is 2.63 bits per heavy atom. The fourth-order valence-corrected chi connectivity index (χ4v) is 3.76. The third-order valence-electron chi connectivity index (χ3n) is 4.76. The molecule has 156 valence electrons. The number of benzene rings is 1. The van der Waals surface area contributed by atoms with Gasteiger partial charge < -0.3 is 19.0 Å². The van der Waals surface area contributed by atoms with Crippen LogP contribution in [0.15, 0.2) is 58.3 Å².